The SMILES string of the molecule is CCCn1c(=O)n(CCC(=O)NC(C)c2cc(OC)ccc2OC)c2ccccc21. The Morgan fingerprint density at radius 3 is 2.30 bits per heavy atom. The van der Waals surface area contributed by atoms with Crippen molar-refractivity contribution in [3.63, 3.8) is 0 Å². The van der Waals surface area contributed by atoms with Crippen LogP contribution in [-0.2, 0) is 17.9 Å². The predicted octanol–water partition coefficient (Wildman–Crippen LogP) is 3.50. The van der Waals surface area contributed by atoms with Crippen molar-refractivity contribution >= 4 is 16.9 Å². The number of imidazole rings is 1. The Hall–Kier alpha value is -3.22. The third-order valence-corrected chi connectivity index (χ3v) is 5.22. The molecule has 0 aliphatic heterocycles. The van der Waals surface area contributed by atoms with E-state index in [1.165, 1.54) is 0 Å². The zero-order valence-corrected chi connectivity index (χ0v) is 18.0. The summed E-state index contributed by atoms with van der Waals surface area (Å²) in [6.45, 7) is 4.92. The number of ether oxygens (including phenoxy) is 2. The molecule has 0 saturated carbocycles. The minimum atomic E-state index is -0.263. The van der Waals surface area contributed by atoms with Gasteiger partial charge in [0.15, 0.2) is 0 Å². The van der Waals surface area contributed by atoms with Crippen LogP contribution in [0.4, 0.5) is 0 Å². The van der Waals surface area contributed by atoms with Gasteiger partial charge in [-0.25, -0.2) is 4.79 Å². The summed E-state index contributed by atoms with van der Waals surface area (Å²) in [4.78, 5) is 25.5. The zero-order chi connectivity index (χ0) is 21.7. The Balaban J connectivity index is 1.74. The highest BCUT2D eigenvalue weighted by Gasteiger charge is 2.17. The van der Waals surface area contributed by atoms with E-state index >= 15 is 0 Å². The summed E-state index contributed by atoms with van der Waals surface area (Å²) in [5.74, 6) is 1.25. The van der Waals surface area contributed by atoms with Gasteiger partial charge in [0.1, 0.15) is 11.5 Å². The van der Waals surface area contributed by atoms with Crippen LogP contribution in [0.1, 0.15) is 38.3 Å². The largest absolute Gasteiger partial charge is 0.497 e. The molecule has 3 rings (SSSR count). The minimum absolute atomic E-state index is 0.0756. The third-order valence-electron chi connectivity index (χ3n) is 5.22. The number of rotatable bonds is 9. The topological polar surface area (TPSA) is 74.5 Å². The fraction of sp³-hybridized carbons (Fsp3) is 0.391. The number of amides is 1. The average molecular weight is 412 g/mol. The van der Waals surface area contributed by atoms with Crippen LogP contribution in [0.25, 0.3) is 11.0 Å². The van der Waals surface area contributed by atoms with Gasteiger partial charge in [0, 0.05) is 25.1 Å². The number of aromatic nitrogens is 2. The number of carbonyl (C=O) groups is 1. The zero-order valence-electron chi connectivity index (χ0n) is 18.0. The summed E-state index contributed by atoms with van der Waals surface area (Å²) in [5, 5.41) is 3.00. The second-order valence-corrected chi connectivity index (χ2v) is 7.22. The fourth-order valence-corrected chi connectivity index (χ4v) is 3.71. The number of para-hydroxylation sites is 2. The first-order valence-electron chi connectivity index (χ1n) is 10.2. The Labute approximate surface area is 176 Å². The van der Waals surface area contributed by atoms with Crippen molar-refractivity contribution in [3.8, 4) is 11.5 Å². The van der Waals surface area contributed by atoms with Crippen molar-refractivity contribution in [2.75, 3.05) is 14.2 Å². The molecule has 3 aromatic rings. The first kappa shape index (κ1) is 21.5. The highest BCUT2D eigenvalue weighted by Crippen LogP contribution is 2.29. The normalized spacial score (nSPS) is 12.0. The Morgan fingerprint density at radius 1 is 1.03 bits per heavy atom. The van der Waals surface area contributed by atoms with Crippen molar-refractivity contribution in [2.45, 2.75) is 45.8 Å². The number of fused-ring (bicyclic) bond motifs is 1. The fourth-order valence-electron chi connectivity index (χ4n) is 3.71. The van der Waals surface area contributed by atoms with Gasteiger partial charge in [-0.15, -0.1) is 0 Å². The van der Waals surface area contributed by atoms with E-state index in [1.807, 2.05) is 56.3 Å². The van der Waals surface area contributed by atoms with Gasteiger partial charge in [-0.2, -0.15) is 0 Å². The van der Waals surface area contributed by atoms with E-state index in [0.29, 0.717) is 24.6 Å². The maximum Gasteiger partial charge on any atom is 0.329 e. The minimum Gasteiger partial charge on any atom is -0.497 e. The van der Waals surface area contributed by atoms with Crippen LogP contribution >= 0.6 is 0 Å². The maximum absolute atomic E-state index is 12.9. The van der Waals surface area contributed by atoms with Gasteiger partial charge >= 0.3 is 5.69 Å². The second-order valence-electron chi connectivity index (χ2n) is 7.22. The van der Waals surface area contributed by atoms with E-state index in [0.717, 1.165) is 23.0 Å². The third kappa shape index (κ3) is 4.35. The van der Waals surface area contributed by atoms with Crippen LogP contribution in [0.3, 0.4) is 0 Å². The van der Waals surface area contributed by atoms with Crippen molar-refractivity contribution in [1.29, 1.82) is 0 Å². The molecule has 1 aromatic heterocycles. The number of benzene rings is 2. The van der Waals surface area contributed by atoms with E-state index in [4.69, 9.17) is 9.47 Å². The predicted molar refractivity (Wildman–Crippen MR) is 117 cm³/mol. The molecule has 0 aliphatic rings. The number of carbonyl (C=O) groups excluding carboxylic acids is 1. The molecule has 0 aliphatic carbocycles. The number of hydrogen-bond acceptors (Lipinski definition) is 4. The summed E-state index contributed by atoms with van der Waals surface area (Å²) in [6.07, 6.45) is 1.07. The van der Waals surface area contributed by atoms with E-state index in [2.05, 4.69) is 5.32 Å². The van der Waals surface area contributed by atoms with Crippen LogP contribution in [-0.4, -0.2) is 29.3 Å². The molecule has 0 radical (unpaired) electrons. The van der Waals surface area contributed by atoms with E-state index in [-0.39, 0.29) is 24.1 Å². The average Bonchev–Trinajstić information content (AvgIpc) is 3.03. The van der Waals surface area contributed by atoms with E-state index in [9.17, 15) is 9.59 Å². The first-order chi connectivity index (χ1) is 14.5. The molecule has 7 nitrogen and oxygen atoms in total. The molecule has 0 spiro atoms. The molecule has 1 amide bonds. The lowest BCUT2D eigenvalue weighted by atomic mass is 10.1. The molecule has 1 unspecified atom stereocenters. The summed E-state index contributed by atoms with van der Waals surface area (Å²) in [5.41, 5.74) is 2.51. The molecule has 160 valence electrons. The Bertz CT molecular complexity index is 1080. The number of nitrogens with zero attached hydrogens (tertiary/aromatic N) is 2. The molecule has 0 bridgehead atoms. The summed E-state index contributed by atoms with van der Waals surface area (Å²) in [6, 6.07) is 12.9. The molecule has 1 heterocycles. The van der Waals surface area contributed by atoms with Gasteiger partial charge < -0.3 is 14.8 Å². The van der Waals surface area contributed by atoms with E-state index < -0.39 is 0 Å². The highest BCUT2D eigenvalue weighted by molar-refractivity contribution is 5.78. The van der Waals surface area contributed by atoms with Crippen molar-refractivity contribution in [2.24, 2.45) is 0 Å². The monoisotopic (exact) mass is 411 g/mol. The molecule has 0 fully saturated rings. The maximum atomic E-state index is 12.9. The summed E-state index contributed by atoms with van der Waals surface area (Å²) >= 11 is 0. The highest BCUT2D eigenvalue weighted by atomic mass is 16.5. The lowest BCUT2D eigenvalue weighted by Crippen LogP contribution is -2.30. The first-order valence-corrected chi connectivity index (χ1v) is 10.2. The lowest BCUT2D eigenvalue weighted by Gasteiger charge is -2.18. The summed E-state index contributed by atoms with van der Waals surface area (Å²) < 4.78 is 14.2. The smallest absolute Gasteiger partial charge is 0.329 e. The van der Waals surface area contributed by atoms with Gasteiger partial charge in [-0.3, -0.25) is 13.9 Å². The molecule has 30 heavy (non-hydrogen) atoms. The number of methoxy groups -OCH3 is 2. The van der Waals surface area contributed by atoms with Crippen LogP contribution < -0.4 is 20.5 Å². The van der Waals surface area contributed by atoms with Crippen LogP contribution in [0, 0.1) is 0 Å². The van der Waals surface area contributed by atoms with Crippen LogP contribution in [0.2, 0.25) is 0 Å². The van der Waals surface area contributed by atoms with Gasteiger partial charge in [0.25, 0.3) is 0 Å². The lowest BCUT2D eigenvalue weighted by molar-refractivity contribution is -0.121. The molecule has 7 heteroatoms. The Morgan fingerprint density at radius 2 is 1.70 bits per heavy atom. The number of hydrogen-bond donors (Lipinski definition) is 1. The van der Waals surface area contributed by atoms with Gasteiger partial charge in [0.2, 0.25) is 5.91 Å². The summed E-state index contributed by atoms with van der Waals surface area (Å²) in [7, 11) is 3.19. The standard InChI is InChI=1S/C23H29N3O4/c1-5-13-25-19-8-6-7-9-20(19)26(23(25)28)14-12-22(27)24-16(2)18-15-17(29-3)10-11-21(18)30-4/h6-11,15-16H,5,12-14H2,1-4H3,(H,24,27). The molecular formula is C23H29N3O4. The van der Waals surface area contributed by atoms with Crippen molar-refractivity contribution < 1.29 is 14.3 Å². The van der Waals surface area contributed by atoms with Crippen LogP contribution in [0.5, 0.6) is 11.5 Å². The molecule has 1 N–H and O–H groups in total. The second kappa shape index (κ2) is 9.52. The number of aryl methyl sites for hydroxylation is 2. The van der Waals surface area contributed by atoms with Crippen molar-refractivity contribution in [1.82, 2.24) is 14.5 Å². The van der Waals surface area contributed by atoms with Gasteiger partial charge in [-0.1, -0.05) is 19.1 Å². The molecule has 0 saturated heterocycles. The quantitative estimate of drug-likeness (QED) is 0.585. The van der Waals surface area contributed by atoms with Gasteiger partial charge in [-0.05, 0) is 43.7 Å². The van der Waals surface area contributed by atoms with Gasteiger partial charge in [0.05, 0.1) is 31.3 Å². The molecule has 2 aromatic carbocycles. The van der Waals surface area contributed by atoms with Crippen LogP contribution in [0.15, 0.2) is 47.3 Å². The number of nitrogens with one attached hydrogen (secondary N) is 1. The Kier molecular flexibility index (Phi) is 6.82. The van der Waals surface area contributed by atoms with Crippen molar-refractivity contribution in [3.05, 3.63) is 58.5 Å². The molecule has 1 atom stereocenters. The van der Waals surface area contributed by atoms with E-state index in [1.54, 1.807) is 23.4 Å². The molecular weight excluding hydrogens is 382 g/mol.